The predicted octanol–water partition coefficient (Wildman–Crippen LogP) is 6.19. The van der Waals surface area contributed by atoms with Crippen LogP contribution >= 0.6 is 0 Å². The maximum absolute atomic E-state index is 10.7. The molecule has 0 aromatic heterocycles. The first-order valence-corrected chi connectivity index (χ1v) is 12.6. The van der Waals surface area contributed by atoms with Gasteiger partial charge in [0, 0.05) is 0 Å². The number of rotatable bonds is 5. The largest absolute Gasteiger partial charge is 0.393 e. The highest BCUT2D eigenvalue weighted by Gasteiger charge is 2.60. The summed E-state index contributed by atoms with van der Waals surface area (Å²) in [5, 5.41) is 20.9. The summed E-state index contributed by atoms with van der Waals surface area (Å²) in [4.78, 5) is 0. The van der Waals surface area contributed by atoms with Gasteiger partial charge in [-0.1, -0.05) is 27.7 Å². The molecule has 4 aliphatic rings. The number of hydrogen-bond donors (Lipinski definition) is 2. The van der Waals surface area contributed by atoms with E-state index in [1.165, 1.54) is 44.9 Å². The Balaban J connectivity index is 1.45. The van der Waals surface area contributed by atoms with Crippen molar-refractivity contribution in [2.75, 3.05) is 0 Å². The molecule has 0 aromatic carbocycles. The van der Waals surface area contributed by atoms with Crippen molar-refractivity contribution in [1.82, 2.24) is 0 Å². The minimum absolute atomic E-state index is 0.0355. The first kappa shape index (κ1) is 21.2. The quantitative estimate of drug-likeness (QED) is 0.587. The fraction of sp³-hybridized carbons (Fsp3) is 1.00. The monoisotopic (exact) mass is 390 g/mol. The van der Waals surface area contributed by atoms with Crippen LogP contribution in [0.15, 0.2) is 0 Å². The molecule has 2 heteroatoms. The number of hydrogen-bond acceptors (Lipinski definition) is 2. The smallest absolute Gasteiger partial charge is 0.0543 e. The molecule has 0 aromatic rings. The normalized spacial score (nSPS) is 49.4. The van der Waals surface area contributed by atoms with E-state index in [0.29, 0.717) is 16.7 Å². The van der Waals surface area contributed by atoms with Gasteiger partial charge in [-0.05, 0) is 123 Å². The van der Waals surface area contributed by atoms with E-state index in [4.69, 9.17) is 0 Å². The third-order valence-electron chi connectivity index (χ3n) is 10.5. The Morgan fingerprint density at radius 2 is 1.57 bits per heavy atom. The van der Waals surface area contributed by atoms with Crippen LogP contribution in [0.1, 0.15) is 105 Å². The average molecular weight is 391 g/mol. The van der Waals surface area contributed by atoms with Crippen molar-refractivity contribution in [1.29, 1.82) is 0 Å². The maximum atomic E-state index is 10.7. The van der Waals surface area contributed by atoms with Crippen LogP contribution in [0.25, 0.3) is 0 Å². The van der Waals surface area contributed by atoms with Crippen LogP contribution in [0, 0.1) is 46.3 Å². The number of fused-ring (bicyclic) bond motifs is 5. The highest BCUT2D eigenvalue weighted by molar-refractivity contribution is 5.09. The van der Waals surface area contributed by atoms with Gasteiger partial charge in [-0.3, -0.25) is 0 Å². The molecule has 0 amide bonds. The molecule has 2 nitrogen and oxygen atoms in total. The molecule has 0 spiro atoms. The average Bonchev–Trinajstić information content (AvgIpc) is 2.97. The number of aliphatic hydroxyl groups is 2. The van der Waals surface area contributed by atoms with Crippen molar-refractivity contribution in [2.45, 2.75) is 117 Å². The Bertz CT molecular complexity index is 545. The molecular weight excluding hydrogens is 344 g/mol. The molecule has 4 rings (SSSR count). The zero-order chi connectivity index (χ0) is 20.1. The summed E-state index contributed by atoms with van der Waals surface area (Å²) in [6, 6.07) is 0. The minimum Gasteiger partial charge on any atom is -0.393 e. The Hall–Kier alpha value is -0.0800. The zero-order valence-corrected chi connectivity index (χ0v) is 19.0. The van der Waals surface area contributed by atoms with Crippen molar-refractivity contribution < 1.29 is 10.2 Å². The van der Waals surface area contributed by atoms with Crippen molar-refractivity contribution in [3.8, 4) is 0 Å². The summed E-state index contributed by atoms with van der Waals surface area (Å²) in [6.07, 6.45) is 14.7. The molecule has 2 N–H and O–H groups in total. The summed E-state index contributed by atoms with van der Waals surface area (Å²) in [7, 11) is 0. The van der Waals surface area contributed by atoms with Crippen LogP contribution in [0.5, 0.6) is 0 Å². The Labute approximate surface area is 173 Å². The summed E-state index contributed by atoms with van der Waals surface area (Å²) in [5.41, 5.74) is 0.954. The van der Waals surface area contributed by atoms with E-state index in [0.717, 1.165) is 61.7 Å². The van der Waals surface area contributed by atoms with Crippen LogP contribution in [0.2, 0.25) is 0 Å². The number of aliphatic hydroxyl groups excluding tert-OH is 2. The van der Waals surface area contributed by atoms with Crippen molar-refractivity contribution in [2.24, 2.45) is 46.3 Å². The third kappa shape index (κ3) is 3.59. The molecule has 162 valence electrons. The summed E-state index contributed by atoms with van der Waals surface area (Å²) in [5.74, 6) is 4.88. The van der Waals surface area contributed by atoms with E-state index in [-0.39, 0.29) is 12.2 Å². The molecule has 0 heterocycles. The van der Waals surface area contributed by atoms with Gasteiger partial charge in [0.25, 0.3) is 0 Å². The molecule has 0 radical (unpaired) electrons. The minimum atomic E-state index is -0.0891. The standard InChI is InChI=1S/C26H46O2/c1-17(2)5-8-20(27)15-19-7-10-23-22-9-6-18-16-21(28)11-13-25(18,3)24(22)12-14-26(19,23)4/h17-24,27-28H,5-16H2,1-4H3/t18?,19?,20?,21-,22?,23?,24?,25-,26+/m0/s1. The van der Waals surface area contributed by atoms with Gasteiger partial charge in [0.15, 0.2) is 0 Å². The van der Waals surface area contributed by atoms with E-state index in [9.17, 15) is 10.2 Å². The summed E-state index contributed by atoms with van der Waals surface area (Å²) in [6.45, 7) is 9.72. The van der Waals surface area contributed by atoms with Crippen LogP contribution in [-0.2, 0) is 0 Å². The van der Waals surface area contributed by atoms with Gasteiger partial charge >= 0.3 is 0 Å². The van der Waals surface area contributed by atoms with Gasteiger partial charge in [0.2, 0.25) is 0 Å². The lowest BCUT2D eigenvalue weighted by molar-refractivity contribution is -0.128. The third-order valence-corrected chi connectivity index (χ3v) is 10.5. The van der Waals surface area contributed by atoms with Gasteiger partial charge in [-0.15, -0.1) is 0 Å². The molecule has 6 unspecified atom stereocenters. The topological polar surface area (TPSA) is 40.5 Å². The lowest BCUT2D eigenvalue weighted by atomic mass is 9.44. The lowest BCUT2D eigenvalue weighted by Crippen LogP contribution is -2.54. The molecule has 4 aliphatic carbocycles. The van der Waals surface area contributed by atoms with E-state index < -0.39 is 0 Å². The molecule has 4 fully saturated rings. The predicted molar refractivity (Wildman–Crippen MR) is 116 cm³/mol. The molecule has 0 bridgehead atoms. The molecule has 4 saturated carbocycles. The van der Waals surface area contributed by atoms with Crippen LogP contribution < -0.4 is 0 Å². The second kappa shape index (κ2) is 7.88. The molecular formula is C26H46O2. The highest BCUT2D eigenvalue weighted by Crippen LogP contribution is 2.67. The summed E-state index contributed by atoms with van der Waals surface area (Å²) >= 11 is 0. The zero-order valence-electron chi connectivity index (χ0n) is 19.0. The van der Waals surface area contributed by atoms with Crippen LogP contribution in [-0.4, -0.2) is 22.4 Å². The lowest BCUT2D eigenvalue weighted by Gasteiger charge is -2.61. The van der Waals surface area contributed by atoms with E-state index in [1.54, 1.807) is 0 Å². The second-order valence-electron chi connectivity index (χ2n) is 12.3. The second-order valence-corrected chi connectivity index (χ2v) is 12.3. The van der Waals surface area contributed by atoms with Crippen molar-refractivity contribution in [3.63, 3.8) is 0 Å². The van der Waals surface area contributed by atoms with Gasteiger partial charge in [-0.2, -0.15) is 0 Å². The summed E-state index contributed by atoms with van der Waals surface area (Å²) < 4.78 is 0. The fourth-order valence-electron chi connectivity index (χ4n) is 8.70. The van der Waals surface area contributed by atoms with Crippen molar-refractivity contribution >= 4 is 0 Å². The maximum Gasteiger partial charge on any atom is 0.0543 e. The fourth-order valence-corrected chi connectivity index (χ4v) is 8.70. The van der Waals surface area contributed by atoms with Gasteiger partial charge in [0.05, 0.1) is 12.2 Å². The van der Waals surface area contributed by atoms with E-state index in [2.05, 4.69) is 27.7 Å². The Morgan fingerprint density at radius 3 is 2.32 bits per heavy atom. The van der Waals surface area contributed by atoms with Crippen LogP contribution in [0.4, 0.5) is 0 Å². The SMILES string of the molecule is CC(C)CCC(O)CC1CCC2C3CCC4C[C@@H](O)CC[C@]4(C)C3CC[C@]12C. The Morgan fingerprint density at radius 1 is 0.857 bits per heavy atom. The molecule has 28 heavy (non-hydrogen) atoms. The Kier molecular flexibility index (Phi) is 5.95. The van der Waals surface area contributed by atoms with Gasteiger partial charge < -0.3 is 10.2 Å². The highest BCUT2D eigenvalue weighted by atomic mass is 16.3. The van der Waals surface area contributed by atoms with Crippen molar-refractivity contribution in [3.05, 3.63) is 0 Å². The van der Waals surface area contributed by atoms with E-state index in [1.807, 2.05) is 0 Å². The first-order valence-electron chi connectivity index (χ1n) is 12.6. The van der Waals surface area contributed by atoms with Crippen LogP contribution in [0.3, 0.4) is 0 Å². The molecule has 0 saturated heterocycles. The molecule has 9 atom stereocenters. The van der Waals surface area contributed by atoms with Gasteiger partial charge in [0.1, 0.15) is 0 Å². The molecule has 0 aliphatic heterocycles. The first-order chi connectivity index (χ1) is 13.2. The van der Waals surface area contributed by atoms with E-state index >= 15 is 0 Å². The van der Waals surface area contributed by atoms with Gasteiger partial charge in [-0.25, -0.2) is 0 Å².